The van der Waals surface area contributed by atoms with E-state index >= 15 is 0 Å². The third kappa shape index (κ3) is 4.44. The molecule has 2 N–H and O–H groups in total. The van der Waals surface area contributed by atoms with Crippen LogP contribution in [0.25, 0.3) is 0 Å². The predicted octanol–water partition coefficient (Wildman–Crippen LogP) is 0.610. The van der Waals surface area contributed by atoms with E-state index in [1.165, 1.54) is 6.08 Å². The van der Waals surface area contributed by atoms with Gasteiger partial charge in [-0.1, -0.05) is 5.57 Å². The van der Waals surface area contributed by atoms with Crippen LogP contribution in [0.4, 0.5) is 0 Å². The molecule has 86 valence electrons. The van der Waals surface area contributed by atoms with Gasteiger partial charge in [-0.25, -0.2) is 0 Å². The standard InChI is InChI=1S/C11H19NO3/c1-9(2)7-10(13)12-8-11(14)3-5-15-6-4-11/h7,14H,3-6,8H2,1-2H3,(H,12,13). The van der Waals surface area contributed by atoms with Gasteiger partial charge in [-0.2, -0.15) is 0 Å². The summed E-state index contributed by atoms with van der Waals surface area (Å²) in [7, 11) is 0. The van der Waals surface area contributed by atoms with Crippen LogP contribution in [-0.4, -0.2) is 36.4 Å². The Labute approximate surface area is 90.3 Å². The third-order valence-corrected chi connectivity index (χ3v) is 2.43. The maximum Gasteiger partial charge on any atom is 0.244 e. The number of carbonyl (C=O) groups excluding carboxylic acids is 1. The van der Waals surface area contributed by atoms with Crippen molar-refractivity contribution in [1.82, 2.24) is 5.32 Å². The van der Waals surface area contributed by atoms with Gasteiger partial charge in [0.2, 0.25) is 5.91 Å². The van der Waals surface area contributed by atoms with Crippen LogP contribution in [0.1, 0.15) is 26.7 Å². The lowest BCUT2D eigenvalue weighted by Crippen LogP contribution is -2.46. The third-order valence-electron chi connectivity index (χ3n) is 2.43. The van der Waals surface area contributed by atoms with Gasteiger partial charge in [0.1, 0.15) is 0 Å². The molecule has 1 aliphatic heterocycles. The molecule has 0 radical (unpaired) electrons. The normalized spacial score (nSPS) is 19.4. The van der Waals surface area contributed by atoms with Crippen LogP contribution in [0.5, 0.6) is 0 Å². The lowest BCUT2D eigenvalue weighted by Gasteiger charge is -2.31. The molecule has 1 saturated heterocycles. The number of rotatable bonds is 3. The molecule has 0 spiro atoms. The van der Waals surface area contributed by atoms with E-state index in [1.54, 1.807) is 0 Å². The number of ether oxygens (including phenoxy) is 1. The van der Waals surface area contributed by atoms with Crippen LogP contribution >= 0.6 is 0 Å². The minimum absolute atomic E-state index is 0.144. The molecule has 1 amide bonds. The monoisotopic (exact) mass is 213 g/mol. The molecular formula is C11H19NO3. The topological polar surface area (TPSA) is 58.6 Å². The second kappa shape index (κ2) is 5.28. The van der Waals surface area contributed by atoms with Crippen molar-refractivity contribution in [2.75, 3.05) is 19.8 Å². The molecule has 0 atom stereocenters. The van der Waals surface area contributed by atoms with Crippen LogP contribution in [-0.2, 0) is 9.53 Å². The summed E-state index contributed by atoms with van der Waals surface area (Å²) >= 11 is 0. The van der Waals surface area contributed by atoms with E-state index in [0.717, 1.165) is 5.57 Å². The first kappa shape index (κ1) is 12.2. The Morgan fingerprint density at radius 1 is 1.47 bits per heavy atom. The highest BCUT2D eigenvalue weighted by molar-refractivity contribution is 5.88. The van der Waals surface area contributed by atoms with E-state index in [1.807, 2.05) is 13.8 Å². The van der Waals surface area contributed by atoms with Crippen molar-refractivity contribution in [3.05, 3.63) is 11.6 Å². The summed E-state index contributed by atoms with van der Waals surface area (Å²) in [6, 6.07) is 0. The van der Waals surface area contributed by atoms with Crippen molar-refractivity contribution in [3.63, 3.8) is 0 Å². The summed E-state index contributed by atoms with van der Waals surface area (Å²) in [4.78, 5) is 11.3. The molecule has 0 aliphatic carbocycles. The average Bonchev–Trinajstić information content (AvgIpc) is 2.15. The second-order valence-corrected chi connectivity index (χ2v) is 4.28. The number of nitrogens with one attached hydrogen (secondary N) is 1. The molecule has 0 aromatic carbocycles. The SMILES string of the molecule is CC(C)=CC(=O)NCC1(O)CCOCC1. The molecule has 0 bridgehead atoms. The zero-order chi connectivity index (χ0) is 11.3. The Morgan fingerprint density at radius 2 is 2.07 bits per heavy atom. The van der Waals surface area contributed by atoms with E-state index < -0.39 is 5.60 Å². The minimum Gasteiger partial charge on any atom is -0.388 e. The molecule has 1 aliphatic rings. The van der Waals surface area contributed by atoms with Gasteiger partial charge in [0.25, 0.3) is 0 Å². The minimum atomic E-state index is -0.788. The van der Waals surface area contributed by atoms with Crippen molar-refractivity contribution < 1.29 is 14.6 Å². The van der Waals surface area contributed by atoms with E-state index in [4.69, 9.17) is 4.74 Å². The number of carbonyl (C=O) groups is 1. The average molecular weight is 213 g/mol. The molecule has 4 heteroatoms. The Balaban J connectivity index is 2.35. The van der Waals surface area contributed by atoms with Crippen LogP contribution in [0.15, 0.2) is 11.6 Å². The fourth-order valence-electron chi connectivity index (χ4n) is 1.49. The van der Waals surface area contributed by atoms with Gasteiger partial charge in [-0.15, -0.1) is 0 Å². The molecule has 0 aromatic rings. The number of allylic oxidation sites excluding steroid dienone is 1. The zero-order valence-electron chi connectivity index (χ0n) is 9.38. The number of amides is 1. The quantitative estimate of drug-likeness (QED) is 0.675. The Hall–Kier alpha value is -0.870. The molecule has 1 heterocycles. The van der Waals surface area contributed by atoms with E-state index in [9.17, 15) is 9.90 Å². The summed E-state index contributed by atoms with van der Waals surface area (Å²) in [5.74, 6) is -0.144. The summed E-state index contributed by atoms with van der Waals surface area (Å²) in [6.07, 6.45) is 2.70. The van der Waals surface area contributed by atoms with Crippen LogP contribution < -0.4 is 5.32 Å². The molecular weight excluding hydrogens is 194 g/mol. The smallest absolute Gasteiger partial charge is 0.244 e. The van der Waals surface area contributed by atoms with E-state index in [2.05, 4.69) is 5.32 Å². The molecule has 1 rings (SSSR count). The molecule has 0 unspecified atom stereocenters. The maximum absolute atomic E-state index is 11.3. The van der Waals surface area contributed by atoms with Gasteiger partial charge in [-0.05, 0) is 13.8 Å². The van der Waals surface area contributed by atoms with Gasteiger partial charge >= 0.3 is 0 Å². The van der Waals surface area contributed by atoms with Crippen molar-refractivity contribution in [2.24, 2.45) is 0 Å². The van der Waals surface area contributed by atoms with Crippen LogP contribution in [0.3, 0.4) is 0 Å². The molecule has 15 heavy (non-hydrogen) atoms. The number of hydrogen-bond donors (Lipinski definition) is 2. The van der Waals surface area contributed by atoms with Gasteiger partial charge in [0, 0.05) is 38.7 Å². The lowest BCUT2D eigenvalue weighted by atomic mass is 9.94. The fourth-order valence-corrected chi connectivity index (χ4v) is 1.49. The van der Waals surface area contributed by atoms with Crippen molar-refractivity contribution in [2.45, 2.75) is 32.3 Å². The summed E-state index contributed by atoms with van der Waals surface area (Å²) in [6.45, 7) is 5.16. The van der Waals surface area contributed by atoms with Crippen molar-refractivity contribution >= 4 is 5.91 Å². The van der Waals surface area contributed by atoms with Crippen molar-refractivity contribution in [1.29, 1.82) is 0 Å². The Morgan fingerprint density at radius 3 is 2.60 bits per heavy atom. The summed E-state index contributed by atoms with van der Waals surface area (Å²) < 4.78 is 5.15. The molecule has 0 saturated carbocycles. The lowest BCUT2D eigenvalue weighted by molar-refractivity contribution is -0.119. The second-order valence-electron chi connectivity index (χ2n) is 4.28. The maximum atomic E-state index is 11.3. The van der Waals surface area contributed by atoms with Crippen LogP contribution in [0.2, 0.25) is 0 Å². The number of hydrogen-bond acceptors (Lipinski definition) is 3. The largest absolute Gasteiger partial charge is 0.388 e. The predicted molar refractivity (Wildman–Crippen MR) is 57.4 cm³/mol. The fraction of sp³-hybridized carbons (Fsp3) is 0.727. The van der Waals surface area contributed by atoms with Gasteiger partial charge in [-0.3, -0.25) is 4.79 Å². The van der Waals surface area contributed by atoms with E-state index in [0.29, 0.717) is 32.6 Å². The zero-order valence-corrected chi connectivity index (χ0v) is 9.38. The van der Waals surface area contributed by atoms with Crippen LogP contribution in [0, 0.1) is 0 Å². The summed E-state index contributed by atoms with van der Waals surface area (Å²) in [5, 5.41) is 12.7. The highest BCUT2D eigenvalue weighted by Crippen LogP contribution is 2.19. The first-order chi connectivity index (χ1) is 7.02. The molecule has 0 aromatic heterocycles. The van der Waals surface area contributed by atoms with Gasteiger partial charge in [0.05, 0.1) is 5.60 Å². The molecule has 1 fully saturated rings. The highest BCUT2D eigenvalue weighted by Gasteiger charge is 2.29. The van der Waals surface area contributed by atoms with E-state index in [-0.39, 0.29) is 5.91 Å². The first-order valence-electron chi connectivity index (χ1n) is 5.25. The first-order valence-corrected chi connectivity index (χ1v) is 5.25. The van der Waals surface area contributed by atoms with Crippen molar-refractivity contribution in [3.8, 4) is 0 Å². The van der Waals surface area contributed by atoms with Gasteiger partial charge in [0.15, 0.2) is 0 Å². The summed E-state index contributed by atoms with van der Waals surface area (Å²) in [5.41, 5.74) is 0.162. The molecule has 4 nitrogen and oxygen atoms in total. The Bertz CT molecular complexity index is 251. The van der Waals surface area contributed by atoms with Gasteiger partial charge < -0.3 is 15.2 Å². The highest BCUT2D eigenvalue weighted by atomic mass is 16.5. The Kier molecular flexibility index (Phi) is 4.29. The number of aliphatic hydroxyl groups is 1.